The van der Waals surface area contributed by atoms with Gasteiger partial charge in [0, 0.05) is 11.5 Å². The molecule has 1 aromatic carbocycles. The van der Waals surface area contributed by atoms with E-state index in [9.17, 15) is 4.79 Å². The first-order valence-electron chi connectivity index (χ1n) is 6.92. The normalized spacial score (nSPS) is 9.91. The van der Waals surface area contributed by atoms with Gasteiger partial charge in [-0.15, -0.1) is 0 Å². The van der Waals surface area contributed by atoms with Crippen LogP contribution < -0.4 is 35.8 Å². The van der Waals surface area contributed by atoms with E-state index in [-0.39, 0.29) is 29.5 Å². The Kier molecular flexibility index (Phi) is 7.09. The van der Waals surface area contributed by atoms with Crippen molar-refractivity contribution in [2.45, 2.75) is 13.5 Å². The van der Waals surface area contributed by atoms with Gasteiger partial charge in [0.1, 0.15) is 0 Å². The van der Waals surface area contributed by atoms with E-state index in [2.05, 4.69) is 0 Å². The number of aromatic nitrogens is 1. The van der Waals surface area contributed by atoms with Gasteiger partial charge in [-0.1, -0.05) is 0 Å². The van der Waals surface area contributed by atoms with Crippen molar-refractivity contribution in [2.24, 2.45) is 0 Å². The zero-order chi connectivity index (χ0) is 16.1. The third kappa shape index (κ3) is 4.04. The average Bonchev–Trinajstić information content (AvgIpc) is 2.52. The van der Waals surface area contributed by atoms with Gasteiger partial charge in [-0.05, 0) is 13.0 Å². The number of esters is 1. The van der Waals surface area contributed by atoms with Crippen molar-refractivity contribution in [3.8, 4) is 17.2 Å². The molecule has 1 heterocycles. The molecule has 0 aliphatic rings. The average molecular weight is 386 g/mol. The smallest absolute Gasteiger partial charge is 0.372 e. The van der Waals surface area contributed by atoms with Crippen molar-refractivity contribution in [1.82, 2.24) is 0 Å². The Hall–Kier alpha value is -2.02. The van der Waals surface area contributed by atoms with Gasteiger partial charge in [0.2, 0.25) is 12.3 Å². The molecule has 0 aliphatic carbocycles. The Bertz CT molecular complexity index is 690. The molecule has 1 aromatic heterocycles. The third-order valence-electron chi connectivity index (χ3n) is 3.25. The zero-order valence-electron chi connectivity index (χ0n) is 13.6. The molecule has 23 heavy (non-hydrogen) atoms. The lowest BCUT2D eigenvalue weighted by atomic mass is 10.1. The maximum Gasteiger partial charge on any atom is 0.372 e. The lowest BCUT2D eigenvalue weighted by Gasteiger charge is -2.14. The van der Waals surface area contributed by atoms with Crippen molar-refractivity contribution in [2.75, 3.05) is 27.9 Å². The molecule has 2 aromatic rings. The van der Waals surface area contributed by atoms with Crippen molar-refractivity contribution in [3.05, 3.63) is 24.5 Å². The lowest BCUT2D eigenvalue weighted by Crippen LogP contribution is -3.00. The van der Waals surface area contributed by atoms with E-state index >= 15 is 0 Å². The molecule has 0 bridgehead atoms. The minimum atomic E-state index is -0.278. The summed E-state index contributed by atoms with van der Waals surface area (Å²) in [4.78, 5) is 11.6. The Labute approximate surface area is 145 Å². The number of methoxy groups -OCH3 is 3. The standard InChI is InChI=1S/C16H20NO5.BrH/c1-5-22-14(18)10-17-7-6-12-11(9-17)8-13(19-2)16(21-4)15(12)20-3;/h6-9H,5,10H2,1-4H3;1H/q+1;/p-1. The van der Waals surface area contributed by atoms with Gasteiger partial charge in [-0.25, -0.2) is 4.79 Å². The van der Waals surface area contributed by atoms with Gasteiger partial charge in [-0.2, -0.15) is 4.57 Å². The topological polar surface area (TPSA) is 57.9 Å². The molecule has 0 N–H and O–H groups in total. The van der Waals surface area contributed by atoms with Crippen molar-refractivity contribution in [3.63, 3.8) is 0 Å². The monoisotopic (exact) mass is 385 g/mol. The predicted molar refractivity (Wildman–Crippen MR) is 80.4 cm³/mol. The number of hydrogen-bond acceptors (Lipinski definition) is 5. The van der Waals surface area contributed by atoms with Crippen molar-refractivity contribution >= 4 is 16.7 Å². The largest absolute Gasteiger partial charge is 1.00 e. The van der Waals surface area contributed by atoms with Crippen LogP contribution in [0.1, 0.15) is 6.92 Å². The van der Waals surface area contributed by atoms with E-state index in [1.165, 1.54) is 0 Å². The maximum atomic E-state index is 11.6. The molecule has 0 spiro atoms. The lowest BCUT2D eigenvalue weighted by molar-refractivity contribution is -0.684. The van der Waals surface area contributed by atoms with Crippen LogP contribution in [0.15, 0.2) is 24.5 Å². The summed E-state index contributed by atoms with van der Waals surface area (Å²) >= 11 is 0. The Morgan fingerprint density at radius 2 is 1.83 bits per heavy atom. The molecular formula is C16H20BrNO5. The molecule has 7 heteroatoms. The highest BCUT2D eigenvalue weighted by molar-refractivity contribution is 5.92. The molecule has 0 atom stereocenters. The summed E-state index contributed by atoms with van der Waals surface area (Å²) in [5.74, 6) is 1.43. The van der Waals surface area contributed by atoms with Crippen LogP contribution in [0.3, 0.4) is 0 Å². The fraction of sp³-hybridized carbons (Fsp3) is 0.375. The van der Waals surface area contributed by atoms with Crippen LogP contribution in [0, 0.1) is 0 Å². The number of benzene rings is 1. The summed E-state index contributed by atoms with van der Waals surface area (Å²) in [5, 5.41) is 1.75. The van der Waals surface area contributed by atoms with Gasteiger partial charge >= 0.3 is 5.97 Å². The number of pyridine rings is 1. The molecule has 0 aliphatic heterocycles. The minimum absolute atomic E-state index is 0. The van der Waals surface area contributed by atoms with Gasteiger partial charge in [0.15, 0.2) is 23.9 Å². The first-order chi connectivity index (χ1) is 10.6. The summed E-state index contributed by atoms with van der Waals surface area (Å²) in [6.45, 7) is 2.30. The first-order valence-corrected chi connectivity index (χ1v) is 6.92. The second kappa shape index (κ2) is 8.57. The molecule has 126 valence electrons. The minimum Gasteiger partial charge on any atom is -1.00 e. The Balaban J connectivity index is 0.00000264. The van der Waals surface area contributed by atoms with E-state index in [0.717, 1.165) is 10.8 Å². The molecule has 2 rings (SSSR count). The molecule has 0 fully saturated rings. The number of hydrogen-bond donors (Lipinski definition) is 0. The Morgan fingerprint density at radius 3 is 2.39 bits per heavy atom. The van der Waals surface area contributed by atoms with Crippen LogP contribution in [-0.4, -0.2) is 33.9 Å². The van der Waals surface area contributed by atoms with Gasteiger partial charge in [0.25, 0.3) is 0 Å². The van der Waals surface area contributed by atoms with Gasteiger partial charge < -0.3 is 35.9 Å². The summed E-state index contributed by atoms with van der Waals surface area (Å²) < 4.78 is 22.9. The third-order valence-corrected chi connectivity index (χ3v) is 3.25. The van der Waals surface area contributed by atoms with Crippen molar-refractivity contribution in [1.29, 1.82) is 0 Å². The first kappa shape index (κ1) is 19.0. The number of fused-ring (bicyclic) bond motifs is 1. The molecule has 0 radical (unpaired) electrons. The number of halogens is 1. The van der Waals surface area contributed by atoms with Crippen LogP contribution in [-0.2, 0) is 16.1 Å². The van der Waals surface area contributed by atoms with Gasteiger partial charge in [0.05, 0.1) is 33.3 Å². The van der Waals surface area contributed by atoms with E-state index in [1.807, 2.05) is 18.3 Å². The van der Waals surface area contributed by atoms with E-state index in [1.54, 1.807) is 39.0 Å². The van der Waals surface area contributed by atoms with Crippen LogP contribution in [0.25, 0.3) is 10.8 Å². The van der Waals surface area contributed by atoms with E-state index in [0.29, 0.717) is 23.9 Å². The highest BCUT2D eigenvalue weighted by Gasteiger charge is 2.19. The number of rotatable bonds is 6. The summed E-state index contributed by atoms with van der Waals surface area (Å²) in [7, 11) is 4.71. The van der Waals surface area contributed by atoms with Crippen molar-refractivity contribution < 1.29 is 45.3 Å². The zero-order valence-corrected chi connectivity index (χ0v) is 15.2. The predicted octanol–water partition coefficient (Wildman–Crippen LogP) is -1.28. The Morgan fingerprint density at radius 1 is 1.13 bits per heavy atom. The summed E-state index contributed by atoms with van der Waals surface area (Å²) in [5.41, 5.74) is 0. The van der Waals surface area contributed by atoms with Gasteiger partial charge in [-0.3, -0.25) is 0 Å². The van der Waals surface area contributed by atoms with Crippen LogP contribution in [0.2, 0.25) is 0 Å². The molecule has 0 saturated heterocycles. The molecule has 0 amide bonds. The molecule has 6 nitrogen and oxygen atoms in total. The highest BCUT2D eigenvalue weighted by atomic mass is 79.9. The number of ether oxygens (including phenoxy) is 4. The second-order valence-corrected chi connectivity index (χ2v) is 4.57. The molecular weight excluding hydrogens is 366 g/mol. The van der Waals surface area contributed by atoms with E-state index < -0.39 is 0 Å². The quantitative estimate of drug-likeness (QED) is 0.458. The number of carbonyl (C=O) groups is 1. The van der Waals surface area contributed by atoms with Crippen LogP contribution in [0.5, 0.6) is 17.2 Å². The second-order valence-electron chi connectivity index (χ2n) is 4.57. The summed E-state index contributed by atoms with van der Waals surface area (Å²) in [6, 6.07) is 3.72. The highest BCUT2D eigenvalue weighted by Crippen LogP contribution is 2.42. The van der Waals surface area contributed by atoms with E-state index in [4.69, 9.17) is 18.9 Å². The fourth-order valence-corrected chi connectivity index (χ4v) is 2.32. The maximum absolute atomic E-state index is 11.6. The molecule has 0 saturated carbocycles. The molecule has 0 unspecified atom stereocenters. The fourth-order valence-electron chi connectivity index (χ4n) is 2.32. The van der Waals surface area contributed by atoms with Crippen LogP contribution >= 0.6 is 0 Å². The number of nitrogens with zero attached hydrogens (tertiary/aromatic N) is 1. The van der Waals surface area contributed by atoms with Crippen LogP contribution in [0.4, 0.5) is 0 Å². The SMILES string of the molecule is CCOC(=O)C[n+]1ccc2c(OC)c(OC)c(OC)cc2c1.[Br-]. The summed E-state index contributed by atoms with van der Waals surface area (Å²) in [6.07, 6.45) is 3.64. The number of carbonyl (C=O) groups excluding carboxylic acids is 1.